The minimum atomic E-state index is 0.532. The van der Waals surface area contributed by atoms with E-state index in [0.29, 0.717) is 12.5 Å². The highest BCUT2D eigenvalue weighted by Crippen LogP contribution is 2.32. The van der Waals surface area contributed by atoms with Crippen LogP contribution in [0.4, 0.5) is 0 Å². The van der Waals surface area contributed by atoms with E-state index in [4.69, 9.17) is 16.3 Å². The van der Waals surface area contributed by atoms with Crippen LogP contribution in [-0.2, 0) is 17.8 Å². The van der Waals surface area contributed by atoms with Crippen molar-refractivity contribution in [1.82, 2.24) is 14.5 Å². The van der Waals surface area contributed by atoms with Crippen molar-refractivity contribution in [2.75, 3.05) is 26.8 Å². The zero-order valence-electron chi connectivity index (χ0n) is 12.9. The number of aromatic nitrogens is 2. The lowest BCUT2D eigenvalue weighted by Gasteiger charge is -2.17. The third-order valence-electron chi connectivity index (χ3n) is 4.34. The van der Waals surface area contributed by atoms with Crippen molar-refractivity contribution in [3.8, 4) is 0 Å². The Morgan fingerprint density at radius 1 is 1.36 bits per heavy atom. The molecule has 2 heterocycles. The SMILES string of the molecule is COCCn1cncc1CN1CC[C@@H](c2ccccc2Cl)C1. The summed E-state index contributed by atoms with van der Waals surface area (Å²) in [5.41, 5.74) is 2.52. The van der Waals surface area contributed by atoms with E-state index in [1.807, 2.05) is 24.7 Å². The van der Waals surface area contributed by atoms with Crippen LogP contribution >= 0.6 is 11.6 Å². The topological polar surface area (TPSA) is 30.3 Å². The molecule has 0 aliphatic carbocycles. The Hall–Kier alpha value is -1.36. The molecule has 1 atom stereocenters. The van der Waals surface area contributed by atoms with Gasteiger partial charge in [-0.05, 0) is 30.5 Å². The van der Waals surface area contributed by atoms with Crippen LogP contribution in [0.3, 0.4) is 0 Å². The predicted molar refractivity (Wildman–Crippen MR) is 88.2 cm³/mol. The molecule has 1 aliphatic heterocycles. The van der Waals surface area contributed by atoms with Crippen LogP contribution in [0.25, 0.3) is 0 Å². The predicted octanol–water partition coefficient (Wildman–Crippen LogP) is 3.17. The Balaban J connectivity index is 1.62. The van der Waals surface area contributed by atoms with Gasteiger partial charge in [-0.1, -0.05) is 29.8 Å². The fourth-order valence-corrected chi connectivity index (χ4v) is 3.43. The molecule has 2 aromatic rings. The largest absolute Gasteiger partial charge is 0.383 e. The summed E-state index contributed by atoms with van der Waals surface area (Å²) in [7, 11) is 1.73. The molecule has 0 N–H and O–H groups in total. The molecule has 118 valence electrons. The molecule has 0 saturated carbocycles. The average Bonchev–Trinajstić information content (AvgIpc) is 3.16. The average molecular weight is 320 g/mol. The van der Waals surface area contributed by atoms with Crippen molar-refractivity contribution in [1.29, 1.82) is 0 Å². The van der Waals surface area contributed by atoms with E-state index in [9.17, 15) is 0 Å². The number of benzene rings is 1. The summed E-state index contributed by atoms with van der Waals surface area (Å²) in [4.78, 5) is 6.75. The first kappa shape index (κ1) is 15.5. The second kappa shape index (κ2) is 7.27. The van der Waals surface area contributed by atoms with Gasteiger partial charge in [0.2, 0.25) is 0 Å². The molecular formula is C17H22ClN3O. The second-order valence-electron chi connectivity index (χ2n) is 5.81. The molecule has 1 aromatic heterocycles. The van der Waals surface area contributed by atoms with Crippen molar-refractivity contribution in [3.05, 3.63) is 53.1 Å². The van der Waals surface area contributed by atoms with Crippen molar-refractivity contribution >= 4 is 11.6 Å². The summed E-state index contributed by atoms with van der Waals surface area (Å²) >= 11 is 6.33. The maximum Gasteiger partial charge on any atom is 0.0949 e. The molecule has 4 nitrogen and oxygen atoms in total. The minimum absolute atomic E-state index is 0.532. The zero-order chi connectivity index (χ0) is 15.4. The van der Waals surface area contributed by atoms with Crippen LogP contribution in [-0.4, -0.2) is 41.3 Å². The number of imidazole rings is 1. The van der Waals surface area contributed by atoms with Crippen molar-refractivity contribution < 1.29 is 4.74 Å². The lowest BCUT2D eigenvalue weighted by molar-refractivity contribution is 0.185. The molecule has 1 aliphatic rings. The Morgan fingerprint density at radius 2 is 2.23 bits per heavy atom. The van der Waals surface area contributed by atoms with E-state index in [2.05, 4.69) is 26.6 Å². The smallest absolute Gasteiger partial charge is 0.0949 e. The first-order valence-electron chi connectivity index (χ1n) is 7.72. The molecule has 0 spiro atoms. The van der Waals surface area contributed by atoms with Crippen molar-refractivity contribution in [2.24, 2.45) is 0 Å². The maximum absolute atomic E-state index is 6.33. The van der Waals surface area contributed by atoms with E-state index in [1.165, 1.54) is 11.3 Å². The van der Waals surface area contributed by atoms with Crippen molar-refractivity contribution in [3.63, 3.8) is 0 Å². The third kappa shape index (κ3) is 3.51. The summed E-state index contributed by atoms with van der Waals surface area (Å²) < 4.78 is 7.32. The Labute approximate surface area is 136 Å². The van der Waals surface area contributed by atoms with Gasteiger partial charge in [0.15, 0.2) is 0 Å². The zero-order valence-corrected chi connectivity index (χ0v) is 13.7. The van der Waals surface area contributed by atoms with Crippen LogP contribution in [0.1, 0.15) is 23.6 Å². The Kier molecular flexibility index (Phi) is 5.13. The lowest BCUT2D eigenvalue weighted by atomic mass is 9.98. The Morgan fingerprint density at radius 3 is 3.05 bits per heavy atom. The minimum Gasteiger partial charge on any atom is -0.383 e. The standard InChI is InChI=1S/C17H22ClN3O/c1-22-9-8-21-13-19-10-15(21)12-20-7-6-14(11-20)16-4-2-3-5-17(16)18/h2-5,10,13-14H,6-9,11-12H2,1H3/t14-/m1/s1. The summed E-state index contributed by atoms with van der Waals surface area (Å²) in [6, 6.07) is 8.20. The second-order valence-corrected chi connectivity index (χ2v) is 6.22. The number of hydrogen-bond acceptors (Lipinski definition) is 3. The third-order valence-corrected chi connectivity index (χ3v) is 4.68. The molecule has 0 unspecified atom stereocenters. The van der Waals surface area contributed by atoms with Gasteiger partial charge < -0.3 is 9.30 Å². The Bertz CT molecular complexity index is 613. The van der Waals surface area contributed by atoms with E-state index >= 15 is 0 Å². The van der Waals surface area contributed by atoms with E-state index in [1.54, 1.807) is 7.11 Å². The first-order valence-corrected chi connectivity index (χ1v) is 8.10. The lowest BCUT2D eigenvalue weighted by Crippen LogP contribution is -2.22. The van der Waals surface area contributed by atoms with Gasteiger partial charge in [-0.3, -0.25) is 4.90 Å². The first-order chi connectivity index (χ1) is 10.8. The number of nitrogens with zero attached hydrogens (tertiary/aromatic N) is 3. The van der Waals surface area contributed by atoms with Gasteiger partial charge in [0.1, 0.15) is 0 Å². The highest BCUT2D eigenvalue weighted by Gasteiger charge is 2.25. The van der Waals surface area contributed by atoms with Gasteiger partial charge in [0.05, 0.1) is 18.6 Å². The van der Waals surface area contributed by atoms with E-state index < -0.39 is 0 Å². The summed E-state index contributed by atoms with van der Waals surface area (Å²) in [5, 5.41) is 0.888. The van der Waals surface area contributed by atoms with Gasteiger partial charge in [-0.2, -0.15) is 0 Å². The molecule has 5 heteroatoms. The van der Waals surface area contributed by atoms with Crippen LogP contribution in [0.2, 0.25) is 5.02 Å². The number of rotatable bonds is 6. The van der Waals surface area contributed by atoms with E-state index in [0.717, 1.165) is 37.6 Å². The fourth-order valence-electron chi connectivity index (χ4n) is 3.14. The molecular weight excluding hydrogens is 298 g/mol. The highest BCUT2D eigenvalue weighted by atomic mass is 35.5. The van der Waals surface area contributed by atoms with Gasteiger partial charge in [-0.15, -0.1) is 0 Å². The van der Waals surface area contributed by atoms with E-state index in [-0.39, 0.29) is 0 Å². The molecule has 1 saturated heterocycles. The highest BCUT2D eigenvalue weighted by molar-refractivity contribution is 6.31. The van der Waals surface area contributed by atoms with Crippen LogP contribution < -0.4 is 0 Å². The number of ether oxygens (including phenoxy) is 1. The molecule has 0 radical (unpaired) electrons. The van der Waals surface area contributed by atoms with Gasteiger partial charge in [0.25, 0.3) is 0 Å². The normalized spacial score (nSPS) is 18.9. The fraction of sp³-hybridized carbons (Fsp3) is 0.471. The van der Waals surface area contributed by atoms with Crippen LogP contribution in [0, 0.1) is 0 Å². The number of methoxy groups -OCH3 is 1. The molecule has 0 bridgehead atoms. The molecule has 1 fully saturated rings. The van der Waals surface area contributed by atoms with Gasteiger partial charge in [-0.25, -0.2) is 4.98 Å². The molecule has 3 rings (SSSR count). The van der Waals surface area contributed by atoms with Gasteiger partial charge >= 0.3 is 0 Å². The van der Waals surface area contributed by atoms with Crippen LogP contribution in [0.5, 0.6) is 0 Å². The monoisotopic (exact) mass is 319 g/mol. The quantitative estimate of drug-likeness (QED) is 0.819. The maximum atomic E-state index is 6.33. The number of likely N-dealkylation sites (tertiary alicyclic amines) is 1. The number of halogens is 1. The summed E-state index contributed by atoms with van der Waals surface area (Å²) in [6.07, 6.45) is 5.00. The molecule has 0 amide bonds. The van der Waals surface area contributed by atoms with Gasteiger partial charge in [0, 0.05) is 38.0 Å². The number of hydrogen-bond donors (Lipinski definition) is 0. The van der Waals surface area contributed by atoms with Crippen molar-refractivity contribution in [2.45, 2.75) is 25.4 Å². The molecule has 22 heavy (non-hydrogen) atoms. The summed E-state index contributed by atoms with van der Waals surface area (Å²) in [6.45, 7) is 4.66. The van der Waals surface area contributed by atoms with Crippen LogP contribution in [0.15, 0.2) is 36.8 Å². The summed E-state index contributed by atoms with van der Waals surface area (Å²) in [5.74, 6) is 0.532. The molecule has 1 aromatic carbocycles.